The highest BCUT2D eigenvalue weighted by Gasteiger charge is 2.55. The first-order chi connectivity index (χ1) is 16.0. The standard InChI is InChI=1S/C26H39NO6/c1-26(2)32-23-22(30-18-19-11-6-4-7-12-19)21(31-25(23)33-26)17-27(15-10-16-29-3)24(28)20-13-8-5-9-14-20/h4,6-7,11-12,20-23,25H,5,8-10,13-18H2,1-3H3. The van der Waals surface area contributed by atoms with Gasteiger partial charge in [-0.15, -0.1) is 0 Å². The highest BCUT2D eigenvalue weighted by atomic mass is 16.8. The third-order valence-corrected chi connectivity index (χ3v) is 6.82. The lowest BCUT2D eigenvalue weighted by atomic mass is 9.88. The van der Waals surface area contributed by atoms with Crippen molar-refractivity contribution in [2.75, 3.05) is 26.8 Å². The number of nitrogens with zero attached hydrogens (tertiary/aromatic N) is 1. The third-order valence-electron chi connectivity index (χ3n) is 6.82. The molecule has 1 aromatic rings. The van der Waals surface area contributed by atoms with E-state index in [1.54, 1.807) is 7.11 Å². The van der Waals surface area contributed by atoms with Gasteiger partial charge in [0.15, 0.2) is 12.1 Å². The molecule has 33 heavy (non-hydrogen) atoms. The molecule has 0 spiro atoms. The average Bonchev–Trinajstić information content (AvgIpc) is 3.28. The Morgan fingerprint density at radius 2 is 1.88 bits per heavy atom. The molecule has 4 unspecified atom stereocenters. The maximum absolute atomic E-state index is 13.4. The van der Waals surface area contributed by atoms with Crippen molar-refractivity contribution in [1.29, 1.82) is 0 Å². The number of carbonyl (C=O) groups is 1. The summed E-state index contributed by atoms with van der Waals surface area (Å²) in [5.41, 5.74) is 1.09. The van der Waals surface area contributed by atoms with Crippen LogP contribution in [-0.4, -0.2) is 68.0 Å². The van der Waals surface area contributed by atoms with E-state index >= 15 is 0 Å². The Morgan fingerprint density at radius 1 is 1.12 bits per heavy atom. The average molecular weight is 462 g/mol. The zero-order valence-electron chi connectivity index (χ0n) is 20.2. The second kappa shape index (κ2) is 11.3. The number of hydrogen-bond acceptors (Lipinski definition) is 6. The SMILES string of the molecule is COCCCN(CC1OC2OC(C)(C)OC2C1OCc1ccccc1)C(=O)C1CCCCC1. The lowest BCUT2D eigenvalue weighted by Gasteiger charge is -2.33. The predicted octanol–water partition coefficient (Wildman–Crippen LogP) is 3.89. The topological polar surface area (TPSA) is 66.5 Å². The molecule has 1 aromatic carbocycles. The van der Waals surface area contributed by atoms with Crippen molar-refractivity contribution in [3.8, 4) is 0 Å². The quantitative estimate of drug-likeness (QED) is 0.493. The molecule has 7 nitrogen and oxygen atoms in total. The molecule has 2 heterocycles. The van der Waals surface area contributed by atoms with Crippen LogP contribution < -0.4 is 0 Å². The van der Waals surface area contributed by atoms with Gasteiger partial charge in [0.2, 0.25) is 5.91 Å². The molecule has 3 aliphatic rings. The van der Waals surface area contributed by atoms with Gasteiger partial charge in [-0.05, 0) is 38.7 Å². The summed E-state index contributed by atoms with van der Waals surface area (Å²) in [5.74, 6) is -0.377. The molecular formula is C26H39NO6. The van der Waals surface area contributed by atoms with Crippen molar-refractivity contribution < 1.29 is 28.5 Å². The molecule has 184 valence electrons. The second-order valence-electron chi connectivity index (χ2n) is 9.87. The van der Waals surface area contributed by atoms with E-state index in [1.807, 2.05) is 49.1 Å². The molecule has 2 saturated heterocycles. The molecule has 3 fully saturated rings. The van der Waals surface area contributed by atoms with Crippen LogP contribution in [0, 0.1) is 5.92 Å². The van der Waals surface area contributed by atoms with Gasteiger partial charge in [0, 0.05) is 32.7 Å². The van der Waals surface area contributed by atoms with Crippen LogP contribution in [0.25, 0.3) is 0 Å². The van der Waals surface area contributed by atoms with Crippen LogP contribution in [0.5, 0.6) is 0 Å². The summed E-state index contributed by atoms with van der Waals surface area (Å²) in [4.78, 5) is 15.4. The van der Waals surface area contributed by atoms with E-state index in [2.05, 4.69) is 0 Å². The molecule has 1 aliphatic carbocycles. The van der Waals surface area contributed by atoms with Crippen molar-refractivity contribution in [2.24, 2.45) is 5.92 Å². The summed E-state index contributed by atoms with van der Waals surface area (Å²) >= 11 is 0. The molecule has 0 aromatic heterocycles. The van der Waals surface area contributed by atoms with E-state index in [4.69, 9.17) is 23.7 Å². The largest absolute Gasteiger partial charge is 0.385 e. The minimum absolute atomic E-state index is 0.109. The number of carbonyl (C=O) groups excluding carboxylic acids is 1. The maximum Gasteiger partial charge on any atom is 0.225 e. The fraction of sp³-hybridized carbons (Fsp3) is 0.731. The zero-order chi connectivity index (χ0) is 23.3. The van der Waals surface area contributed by atoms with Crippen LogP contribution in [0.3, 0.4) is 0 Å². The number of fused-ring (bicyclic) bond motifs is 1. The van der Waals surface area contributed by atoms with E-state index in [0.717, 1.165) is 37.7 Å². The molecule has 4 rings (SSSR count). The van der Waals surface area contributed by atoms with E-state index in [9.17, 15) is 4.79 Å². The lowest BCUT2D eigenvalue weighted by Crippen LogP contribution is -2.47. The van der Waals surface area contributed by atoms with Gasteiger partial charge >= 0.3 is 0 Å². The second-order valence-corrected chi connectivity index (χ2v) is 9.87. The van der Waals surface area contributed by atoms with Crippen molar-refractivity contribution in [2.45, 2.75) is 89.4 Å². The summed E-state index contributed by atoms with van der Waals surface area (Å²) in [6.45, 7) is 5.98. The van der Waals surface area contributed by atoms with E-state index in [0.29, 0.717) is 26.3 Å². The number of hydrogen-bond donors (Lipinski definition) is 0. The normalized spacial score (nSPS) is 29.2. The van der Waals surface area contributed by atoms with E-state index < -0.39 is 12.1 Å². The van der Waals surface area contributed by atoms with Crippen LogP contribution in [0.15, 0.2) is 30.3 Å². The summed E-state index contributed by atoms with van der Waals surface area (Å²) in [7, 11) is 1.69. The Hall–Kier alpha value is -1.51. The Balaban J connectivity index is 1.46. The first-order valence-electron chi connectivity index (χ1n) is 12.4. The Kier molecular flexibility index (Phi) is 8.41. The van der Waals surface area contributed by atoms with E-state index in [1.165, 1.54) is 6.42 Å². The molecule has 0 radical (unpaired) electrons. The fourth-order valence-corrected chi connectivity index (χ4v) is 5.18. The van der Waals surface area contributed by atoms with Gasteiger partial charge < -0.3 is 28.6 Å². The Morgan fingerprint density at radius 3 is 2.61 bits per heavy atom. The minimum atomic E-state index is -0.718. The van der Waals surface area contributed by atoms with E-state index in [-0.39, 0.29) is 30.1 Å². The summed E-state index contributed by atoms with van der Waals surface area (Å²) in [6.07, 6.45) is 4.80. The molecular weight excluding hydrogens is 422 g/mol. The Bertz CT molecular complexity index is 750. The highest BCUT2D eigenvalue weighted by Crippen LogP contribution is 2.39. The van der Waals surface area contributed by atoms with Crippen LogP contribution in [0.4, 0.5) is 0 Å². The fourth-order valence-electron chi connectivity index (χ4n) is 5.18. The summed E-state index contributed by atoms with van der Waals surface area (Å²) < 4.78 is 30.1. The first-order valence-corrected chi connectivity index (χ1v) is 12.4. The van der Waals surface area contributed by atoms with Crippen molar-refractivity contribution in [3.63, 3.8) is 0 Å². The number of benzene rings is 1. The third kappa shape index (κ3) is 6.34. The number of ether oxygens (including phenoxy) is 5. The number of rotatable bonds is 10. The monoisotopic (exact) mass is 461 g/mol. The van der Waals surface area contributed by atoms with Crippen molar-refractivity contribution in [3.05, 3.63) is 35.9 Å². The van der Waals surface area contributed by atoms with Crippen molar-refractivity contribution in [1.82, 2.24) is 4.90 Å². The van der Waals surface area contributed by atoms with Crippen LogP contribution in [0.2, 0.25) is 0 Å². The number of amides is 1. The molecule has 0 N–H and O–H groups in total. The molecule has 1 amide bonds. The number of methoxy groups -OCH3 is 1. The first kappa shape index (κ1) is 24.6. The van der Waals surface area contributed by atoms with Crippen LogP contribution >= 0.6 is 0 Å². The summed E-state index contributed by atoms with van der Waals surface area (Å²) in [6, 6.07) is 10.1. The van der Waals surface area contributed by atoms with Gasteiger partial charge in [-0.3, -0.25) is 4.79 Å². The van der Waals surface area contributed by atoms with Crippen molar-refractivity contribution >= 4 is 5.91 Å². The van der Waals surface area contributed by atoms with Gasteiger partial charge in [0.1, 0.15) is 18.3 Å². The van der Waals surface area contributed by atoms with Gasteiger partial charge in [-0.25, -0.2) is 0 Å². The molecule has 2 aliphatic heterocycles. The predicted molar refractivity (Wildman–Crippen MR) is 123 cm³/mol. The smallest absolute Gasteiger partial charge is 0.225 e. The highest BCUT2D eigenvalue weighted by molar-refractivity contribution is 5.79. The van der Waals surface area contributed by atoms with Gasteiger partial charge in [-0.1, -0.05) is 49.6 Å². The zero-order valence-corrected chi connectivity index (χ0v) is 20.2. The minimum Gasteiger partial charge on any atom is -0.385 e. The molecule has 7 heteroatoms. The summed E-state index contributed by atoms with van der Waals surface area (Å²) in [5, 5.41) is 0. The Labute approximate surface area is 197 Å². The maximum atomic E-state index is 13.4. The molecule has 0 bridgehead atoms. The van der Waals surface area contributed by atoms with Gasteiger partial charge in [0.05, 0.1) is 6.61 Å². The van der Waals surface area contributed by atoms with Gasteiger partial charge in [0.25, 0.3) is 0 Å². The molecule has 4 atom stereocenters. The van der Waals surface area contributed by atoms with Crippen LogP contribution in [0.1, 0.15) is 57.9 Å². The van der Waals surface area contributed by atoms with Gasteiger partial charge in [-0.2, -0.15) is 0 Å². The van der Waals surface area contributed by atoms with Crippen LogP contribution in [-0.2, 0) is 35.1 Å². The molecule has 1 saturated carbocycles. The lowest BCUT2D eigenvalue weighted by molar-refractivity contribution is -0.221.